The highest BCUT2D eigenvalue weighted by Gasteiger charge is 2.22. The van der Waals surface area contributed by atoms with Crippen LogP contribution in [0.15, 0.2) is 33.2 Å². The van der Waals surface area contributed by atoms with Crippen molar-refractivity contribution in [2.45, 2.75) is 13.8 Å². The Kier molecular flexibility index (Phi) is 15.7. The van der Waals surface area contributed by atoms with Crippen molar-refractivity contribution >= 4 is 37.8 Å². The van der Waals surface area contributed by atoms with Crippen LogP contribution >= 0.6 is 31.9 Å². The lowest BCUT2D eigenvalue weighted by Gasteiger charge is -2.15. The topological polar surface area (TPSA) is 120 Å². The van der Waals surface area contributed by atoms with Crippen LogP contribution in [0, 0.1) is 13.8 Å². The largest absolute Gasteiger partial charge is 0.497 e. The van der Waals surface area contributed by atoms with Crippen molar-refractivity contribution < 1.29 is 52.5 Å². The van der Waals surface area contributed by atoms with Crippen molar-refractivity contribution in [3.63, 3.8) is 0 Å². The zero-order valence-electron chi connectivity index (χ0n) is 26.1. The van der Waals surface area contributed by atoms with Crippen LogP contribution in [-0.2, 0) is 0 Å². The number of hydrogen-bond donors (Lipinski definition) is 1. The summed E-state index contributed by atoms with van der Waals surface area (Å²) in [5, 5.41) is 9.08. The van der Waals surface area contributed by atoms with Crippen molar-refractivity contribution in [3.8, 4) is 51.7 Å². The molecule has 0 saturated heterocycles. The summed E-state index contributed by atoms with van der Waals surface area (Å²) in [7, 11) is 14.0. The SMILES string of the molecule is COc1cc(Br)c(OC)c(OC)c1.COc1cc(OC)c(C(=O)O)c(C)c1OC.COc1cc(OC)c(OC)c(C)c1Br. The summed E-state index contributed by atoms with van der Waals surface area (Å²) in [6.45, 7) is 3.58. The van der Waals surface area contributed by atoms with E-state index in [4.69, 9.17) is 47.7 Å². The molecule has 43 heavy (non-hydrogen) atoms. The first-order chi connectivity index (χ1) is 20.4. The Morgan fingerprint density at radius 3 is 1.35 bits per heavy atom. The maximum Gasteiger partial charge on any atom is 0.339 e. The minimum atomic E-state index is -1.06. The Bertz CT molecular complexity index is 1380. The van der Waals surface area contributed by atoms with Gasteiger partial charge in [0.2, 0.25) is 0 Å². The monoisotopic (exact) mass is 732 g/mol. The number of carbonyl (C=O) groups is 1. The molecule has 0 fully saturated rings. The number of hydrogen-bond acceptors (Lipinski definition) is 10. The number of aromatic carboxylic acids is 1. The molecule has 3 aromatic carbocycles. The van der Waals surface area contributed by atoms with Crippen LogP contribution in [0.4, 0.5) is 0 Å². The van der Waals surface area contributed by atoms with Crippen molar-refractivity contribution in [1.29, 1.82) is 0 Å². The van der Waals surface area contributed by atoms with Crippen LogP contribution in [0.2, 0.25) is 0 Å². The molecule has 1 N–H and O–H groups in total. The Morgan fingerprint density at radius 1 is 0.535 bits per heavy atom. The molecular weight excluding hydrogens is 696 g/mol. The van der Waals surface area contributed by atoms with Gasteiger partial charge in [-0.05, 0) is 51.8 Å². The standard InChI is InChI=1S/C11H14O5.C10H13BrO3.C9H11BrO3/c1-6-9(11(12)13)7(14-2)5-8(15-3)10(6)16-4;1-6-9(11)7(12-2)5-8(13-3)10(6)14-4;1-11-6-4-7(10)9(13-3)8(5-6)12-2/h5H,1-4H3,(H,12,13);5H,1-4H3;4-5H,1-3H3. The summed E-state index contributed by atoms with van der Waals surface area (Å²) in [5.74, 6) is 4.22. The van der Waals surface area contributed by atoms with E-state index < -0.39 is 5.97 Å². The smallest absolute Gasteiger partial charge is 0.339 e. The van der Waals surface area contributed by atoms with Gasteiger partial charge in [-0.25, -0.2) is 4.79 Å². The van der Waals surface area contributed by atoms with E-state index >= 15 is 0 Å². The fourth-order valence-corrected chi connectivity index (χ4v) is 4.89. The number of benzene rings is 3. The quantitative estimate of drug-likeness (QED) is 0.233. The molecule has 0 aliphatic rings. The van der Waals surface area contributed by atoms with E-state index in [1.165, 1.54) is 27.4 Å². The van der Waals surface area contributed by atoms with E-state index in [0.29, 0.717) is 34.3 Å². The molecular formula is C30H38Br2O11. The lowest BCUT2D eigenvalue weighted by Crippen LogP contribution is -2.06. The summed E-state index contributed by atoms with van der Waals surface area (Å²) in [4.78, 5) is 11.1. The van der Waals surface area contributed by atoms with Gasteiger partial charge in [-0.2, -0.15) is 0 Å². The third-order valence-electron chi connectivity index (χ3n) is 5.96. The molecule has 0 saturated carbocycles. The average Bonchev–Trinajstić information content (AvgIpc) is 3.01. The number of ether oxygens (including phenoxy) is 9. The molecule has 0 aromatic heterocycles. The molecule has 0 amide bonds. The summed E-state index contributed by atoms with van der Waals surface area (Å²) < 4.78 is 47.9. The molecule has 0 spiro atoms. The molecule has 3 aromatic rings. The second-order valence-corrected chi connectivity index (χ2v) is 9.86. The van der Waals surface area contributed by atoms with Gasteiger partial charge < -0.3 is 47.7 Å². The Hall–Kier alpha value is -3.71. The fraction of sp³-hybridized carbons (Fsp3) is 0.367. The third kappa shape index (κ3) is 9.14. The van der Waals surface area contributed by atoms with E-state index in [1.807, 2.05) is 13.0 Å². The van der Waals surface area contributed by atoms with Crippen molar-refractivity contribution in [3.05, 3.63) is 49.9 Å². The third-order valence-corrected chi connectivity index (χ3v) is 7.54. The summed E-state index contributed by atoms with van der Waals surface area (Å²) in [6, 6.07) is 6.87. The molecule has 0 aliphatic heterocycles. The molecule has 3 rings (SSSR count). The molecule has 13 heteroatoms. The van der Waals surface area contributed by atoms with E-state index in [0.717, 1.165) is 31.8 Å². The number of carboxylic acid groups (broad SMARTS) is 1. The molecule has 0 heterocycles. The van der Waals surface area contributed by atoms with Crippen LogP contribution in [0.1, 0.15) is 21.5 Å². The van der Waals surface area contributed by atoms with Crippen LogP contribution in [0.25, 0.3) is 0 Å². The van der Waals surface area contributed by atoms with Gasteiger partial charge in [-0.3, -0.25) is 0 Å². The molecule has 0 bridgehead atoms. The molecule has 238 valence electrons. The van der Waals surface area contributed by atoms with Gasteiger partial charge in [-0.15, -0.1) is 0 Å². The first kappa shape index (κ1) is 37.3. The fourth-order valence-electron chi connectivity index (χ4n) is 3.86. The molecule has 0 unspecified atom stereocenters. The predicted molar refractivity (Wildman–Crippen MR) is 170 cm³/mol. The Morgan fingerprint density at radius 2 is 0.953 bits per heavy atom. The lowest BCUT2D eigenvalue weighted by atomic mass is 10.1. The number of methoxy groups -OCH3 is 9. The number of rotatable bonds is 10. The van der Waals surface area contributed by atoms with Gasteiger partial charge in [0, 0.05) is 29.3 Å². The van der Waals surface area contributed by atoms with Crippen molar-refractivity contribution in [1.82, 2.24) is 0 Å². The first-order valence-electron chi connectivity index (χ1n) is 12.4. The molecule has 11 nitrogen and oxygen atoms in total. The molecule has 0 atom stereocenters. The minimum absolute atomic E-state index is 0.0835. The van der Waals surface area contributed by atoms with Gasteiger partial charge in [0.05, 0.1) is 72.9 Å². The highest BCUT2D eigenvalue weighted by atomic mass is 79.9. The molecule has 0 radical (unpaired) electrons. The van der Waals surface area contributed by atoms with Gasteiger partial charge in [-0.1, -0.05) is 0 Å². The zero-order valence-corrected chi connectivity index (χ0v) is 29.3. The number of halogens is 2. The Balaban J connectivity index is 0.000000324. The van der Waals surface area contributed by atoms with Gasteiger partial charge in [0.1, 0.15) is 22.8 Å². The second-order valence-electron chi connectivity index (χ2n) is 8.22. The van der Waals surface area contributed by atoms with Crippen LogP contribution < -0.4 is 42.6 Å². The summed E-state index contributed by atoms with van der Waals surface area (Å²) >= 11 is 6.79. The van der Waals surface area contributed by atoms with Gasteiger partial charge in [0.25, 0.3) is 0 Å². The summed E-state index contributed by atoms with van der Waals surface area (Å²) in [6.07, 6.45) is 0. The van der Waals surface area contributed by atoms with Crippen molar-refractivity contribution in [2.24, 2.45) is 0 Å². The maximum atomic E-state index is 11.1. The highest BCUT2D eigenvalue weighted by Crippen LogP contribution is 2.42. The number of carboxylic acids is 1. The Labute approximate surface area is 269 Å². The van der Waals surface area contributed by atoms with E-state index in [2.05, 4.69) is 31.9 Å². The predicted octanol–water partition coefficient (Wildman–Crippen LogP) is 6.98. The van der Waals surface area contributed by atoms with Crippen molar-refractivity contribution in [2.75, 3.05) is 64.0 Å². The van der Waals surface area contributed by atoms with E-state index in [1.54, 1.807) is 61.7 Å². The highest BCUT2D eigenvalue weighted by molar-refractivity contribution is 9.11. The molecule has 0 aliphatic carbocycles. The zero-order chi connectivity index (χ0) is 32.9. The normalized spacial score (nSPS) is 9.70. The summed E-state index contributed by atoms with van der Waals surface area (Å²) in [5.41, 5.74) is 1.52. The second kappa shape index (κ2) is 18.1. The van der Waals surface area contributed by atoms with Gasteiger partial charge >= 0.3 is 5.97 Å². The minimum Gasteiger partial charge on any atom is -0.497 e. The van der Waals surface area contributed by atoms with E-state index in [-0.39, 0.29) is 11.3 Å². The first-order valence-corrected chi connectivity index (χ1v) is 14.0. The lowest BCUT2D eigenvalue weighted by molar-refractivity contribution is 0.0692. The van der Waals surface area contributed by atoms with Crippen LogP contribution in [0.5, 0.6) is 51.7 Å². The van der Waals surface area contributed by atoms with Crippen LogP contribution in [-0.4, -0.2) is 75.1 Å². The van der Waals surface area contributed by atoms with Gasteiger partial charge in [0.15, 0.2) is 34.5 Å². The van der Waals surface area contributed by atoms with E-state index in [9.17, 15) is 4.79 Å². The average molecular weight is 734 g/mol. The van der Waals surface area contributed by atoms with Crippen LogP contribution in [0.3, 0.4) is 0 Å². The maximum absolute atomic E-state index is 11.1.